The first-order valence-corrected chi connectivity index (χ1v) is 13.3. The molecule has 1 aliphatic heterocycles. The minimum absolute atomic E-state index is 0. The smallest absolute Gasteiger partial charge is 0.177 e. The second-order valence-electron chi connectivity index (χ2n) is 13.2. The third-order valence-electron chi connectivity index (χ3n) is 9.21. The molecule has 1 atom stereocenters. The molecule has 1 heterocycles. The van der Waals surface area contributed by atoms with Gasteiger partial charge in [0, 0.05) is 17.8 Å². The van der Waals surface area contributed by atoms with E-state index in [4.69, 9.17) is 0 Å². The first-order valence-electron chi connectivity index (χ1n) is 13.3. The number of rotatable bonds is 3. The number of hydrogen-bond donors (Lipinski definition) is 2. The van der Waals surface area contributed by atoms with Crippen molar-refractivity contribution in [2.75, 3.05) is 17.3 Å². The Balaban J connectivity index is 0.00000294. The lowest BCUT2D eigenvalue weighted by molar-refractivity contribution is -0.123. The molecule has 2 aliphatic carbocycles. The Kier molecular flexibility index (Phi) is 5.59. The van der Waals surface area contributed by atoms with E-state index in [1.807, 2.05) is 24.1 Å². The van der Waals surface area contributed by atoms with Crippen molar-refractivity contribution in [1.82, 2.24) is 0 Å². The minimum Gasteiger partial charge on any atom is -0.507 e. The summed E-state index contributed by atoms with van der Waals surface area (Å²) in [6.45, 7) is 11.0. The van der Waals surface area contributed by atoms with E-state index in [1.165, 1.54) is 29.2 Å². The zero-order valence-corrected chi connectivity index (χ0v) is 22.7. The van der Waals surface area contributed by atoms with Crippen molar-refractivity contribution in [2.45, 2.75) is 78.8 Å². The van der Waals surface area contributed by atoms with Gasteiger partial charge in [-0.25, -0.2) is 0 Å². The Morgan fingerprint density at radius 3 is 2.29 bits per heavy atom. The molecular formula is C33H40N2O3. The van der Waals surface area contributed by atoms with Crippen LogP contribution in [0.3, 0.4) is 0 Å². The molecule has 0 radical (unpaired) electrons. The fourth-order valence-corrected chi connectivity index (χ4v) is 8.53. The third kappa shape index (κ3) is 3.36. The largest absolute Gasteiger partial charge is 0.507 e. The van der Waals surface area contributed by atoms with Crippen LogP contribution < -0.4 is 10.2 Å². The molecule has 6 rings (SSSR count). The number of fused-ring (bicyclic) bond motifs is 8. The maximum Gasteiger partial charge on any atom is 0.177 e. The van der Waals surface area contributed by atoms with Crippen LogP contribution in [0.25, 0.3) is 21.9 Å². The lowest BCUT2D eigenvalue weighted by Crippen LogP contribution is -2.54. The molecule has 0 amide bonds. The van der Waals surface area contributed by atoms with Crippen LogP contribution >= 0.6 is 0 Å². The second kappa shape index (κ2) is 8.08. The Morgan fingerprint density at radius 2 is 1.66 bits per heavy atom. The van der Waals surface area contributed by atoms with E-state index in [-0.39, 0.29) is 41.6 Å². The zero-order chi connectivity index (χ0) is 26.5. The van der Waals surface area contributed by atoms with E-state index < -0.39 is 5.66 Å². The third-order valence-corrected chi connectivity index (χ3v) is 9.21. The summed E-state index contributed by atoms with van der Waals surface area (Å²) in [6.07, 6.45) is 4.05. The van der Waals surface area contributed by atoms with E-state index in [9.17, 15) is 14.7 Å². The highest BCUT2D eigenvalue weighted by molar-refractivity contribution is 6.11. The molecule has 5 heteroatoms. The van der Waals surface area contributed by atoms with Gasteiger partial charge in [-0.1, -0.05) is 59.4 Å². The topological polar surface area (TPSA) is 69.6 Å². The van der Waals surface area contributed by atoms with E-state index in [0.717, 1.165) is 47.7 Å². The van der Waals surface area contributed by atoms with Gasteiger partial charge in [0.2, 0.25) is 0 Å². The normalized spacial score (nSPS) is 23.3. The number of Topliss-reactive ketones (excluding diaryl/α,β-unsaturated/α-hetero) is 1. The lowest BCUT2D eigenvalue weighted by atomic mass is 9.52. The van der Waals surface area contributed by atoms with Crippen LogP contribution in [0.1, 0.15) is 78.9 Å². The summed E-state index contributed by atoms with van der Waals surface area (Å²) in [6, 6.07) is 14.8. The quantitative estimate of drug-likeness (QED) is 0.357. The van der Waals surface area contributed by atoms with Gasteiger partial charge in [-0.05, 0) is 82.9 Å². The SMILES string of the molecule is C.CC(=O)C1(CC=O)Nc2cc3c(O)cc4c(c3cc2N1C)-c1ccccc1C41CC(C)(C)CC(C)(C)C1. The molecule has 1 spiro atoms. The zero-order valence-electron chi connectivity index (χ0n) is 22.7. The molecule has 3 aliphatic rings. The standard InChI is InChI=1S/C32H36N2O3.CH4/c1-19(36)32(11-12-35)33-25-13-21-22(14-26(25)34(32)6)28-20-9-7-8-10-23(20)31(24(28)15-27(21)37)17-29(2,3)16-30(4,5)18-31;/h7-10,12-15,33,37H,11,16-18H2,1-6H3;1H4. The number of carbonyl (C=O) groups excluding carboxylic acids is 2. The number of anilines is 2. The van der Waals surface area contributed by atoms with Crippen molar-refractivity contribution in [3.8, 4) is 16.9 Å². The summed E-state index contributed by atoms with van der Waals surface area (Å²) in [7, 11) is 1.86. The van der Waals surface area contributed by atoms with Crippen molar-refractivity contribution in [3.63, 3.8) is 0 Å². The molecule has 3 aromatic carbocycles. The van der Waals surface area contributed by atoms with E-state index in [1.54, 1.807) is 0 Å². The van der Waals surface area contributed by atoms with Crippen molar-refractivity contribution < 1.29 is 14.7 Å². The number of benzene rings is 3. The van der Waals surface area contributed by atoms with Gasteiger partial charge in [-0.15, -0.1) is 0 Å². The Bertz CT molecular complexity index is 1490. The van der Waals surface area contributed by atoms with E-state index in [2.05, 4.69) is 63.3 Å². The number of hydrogen-bond acceptors (Lipinski definition) is 5. The number of nitrogens with zero attached hydrogens (tertiary/aromatic N) is 1. The first-order chi connectivity index (χ1) is 17.3. The van der Waals surface area contributed by atoms with Crippen LogP contribution in [0.5, 0.6) is 5.75 Å². The number of nitrogens with one attached hydrogen (secondary N) is 1. The Labute approximate surface area is 226 Å². The van der Waals surface area contributed by atoms with Gasteiger partial charge in [0.25, 0.3) is 0 Å². The highest BCUT2D eigenvalue weighted by Crippen LogP contribution is 2.65. The molecule has 0 saturated heterocycles. The Hall–Kier alpha value is -3.34. The first kappa shape index (κ1) is 26.3. The number of carbonyl (C=O) groups is 2. The van der Waals surface area contributed by atoms with Crippen molar-refractivity contribution >= 4 is 34.2 Å². The molecule has 2 N–H and O–H groups in total. The van der Waals surface area contributed by atoms with Gasteiger partial charge in [0.05, 0.1) is 17.8 Å². The lowest BCUT2D eigenvalue weighted by Gasteiger charge is -2.51. The molecule has 0 bridgehead atoms. The van der Waals surface area contributed by atoms with E-state index in [0.29, 0.717) is 0 Å². The van der Waals surface area contributed by atoms with Gasteiger partial charge >= 0.3 is 0 Å². The minimum atomic E-state index is -1.11. The van der Waals surface area contributed by atoms with Crippen LogP contribution in [-0.2, 0) is 15.0 Å². The Morgan fingerprint density at radius 1 is 1.00 bits per heavy atom. The summed E-state index contributed by atoms with van der Waals surface area (Å²) in [5.41, 5.74) is 5.60. The van der Waals surface area contributed by atoms with Gasteiger partial charge in [-0.2, -0.15) is 0 Å². The highest BCUT2D eigenvalue weighted by atomic mass is 16.3. The molecule has 1 fully saturated rings. The summed E-state index contributed by atoms with van der Waals surface area (Å²) in [5.74, 6) is 0.137. The van der Waals surface area contributed by atoms with Crippen LogP contribution in [0, 0.1) is 10.8 Å². The predicted octanol–water partition coefficient (Wildman–Crippen LogP) is 7.42. The number of aldehydes is 1. The molecule has 0 aromatic heterocycles. The summed E-state index contributed by atoms with van der Waals surface area (Å²) in [4.78, 5) is 26.2. The number of aromatic hydroxyl groups is 1. The van der Waals surface area contributed by atoms with Crippen molar-refractivity contribution in [3.05, 3.63) is 53.6 Å². The highest BCUT2D eigenvalue weighted by Gasteiger charge is 2.54. The molecule has 1 unspecified atom stereocenters. The summed E-state index contributed by atoms with van der Waals surface area (Å²) >= 11 is 0. The molecule has 5 nitrogen and oxygen atoms in total. The predicted molar refractivity (Wildman–Crippen MR) is 156 cm³/mol. The molecule has 3 aromatic rings. The maximum atomic E-state index is 12.8. The fraction of sp³-hybridized carbons (Fsp3) is 0.455. The molecule has 1 saturated carbocycles. The number of phenols is 1. The fourth-order valence-electron chi connectivity index (χ4n) is 8.53. The van der Waals surface area contributed by atoms with Crippen LogP contribution in [0.2, 0.25) is 0 Å². The van der Waals surface area contributed by atoms with E-state index >= 15 is 0 Å². The maximum absolute atomic E-state index is 12.8. The molecular weight excluding hydrogens is 472 g/mol. The molecule has 38 heavy (non-hydrogen) atoms. The average molecular weight is 513 g/mol. The summed E-state index contributed by atoms with van der Waals surface area (Å²) in [5, 5.41) is 16.5. The van der Waals surface area contributed by atoms with Crippen molar-refractivity contribution in [1.29, 1.82) is 0 Å². The van der Waals surface area contributed by atoms with Gasteiger partial charge in [0.1, 0.15) is 12.0 Å². The number of phenolic OH excluding ortho intramolecular Hbond substituents is 1. The van der Waals surface area contributed by atoms with Gasteiger partial charge < -0.3 is 20.1 Å². The van der Waals surface area contributed by atoms with Crippen LogP contribution in [0.15, 0.2) is 42.5 Å². The monoisotopic (exact) mass is 512 g/mol. The van der Waals surface area contributed by atoms with Crippen molar-refractivity contribution in [2.24, 2.45) is 10.8 Å². The van der Waals surface area contributed by atoms with Crippen LogP contribution in [0.4, 0.5) is 11.4 Å². The second-order valence-corrected chi connectivity index (χ2v) is 13.2. The van der Waals surface area contributed by atoms with Gasteiger partial charge in [-0.3, -0.25) is 4.79 Å². The van der Waals surface area contributed by atoms with Gasteiger partial charge in [0.15, 0.2) is 11.4 Å². The number of likely N-dealkylation sites (N-methyl/N-ethyl adjacent to an activating group) is 1. The average Bonchev–Trinajstić information content (AvgIpc) is 3.21. The number of ketones is 1. The summed E-state index contributed by atoms with van der Waals surface area (Å²) < 4.78 is 0. The molecule has 200 valence electrons. The van der Waals surface area contributed by atoms with Crippen LogP contribution in [-0.4, -0.2) is 29.9 Å².